The van der Waals surface area contributed by atoms with E-state index >= 15 is 8.78 Å². The highest BCUT2D eigenvalue weighted by molar-refractivity contribution is 5.95. The van der Waals surface area contributed by atoms with Gasteiger partial charge < -0.3 is 41.2 Å². The fourth-order valence-electron chi connectivity index (χ4n) is 4.20. The zero-order valence-electron chi connectivity index (χ0n) is 22.4. The van der Waals surface area contributed by atoms with E-state index in [1.54, 1.807) is 17.9 Å². The number of rotatable bonds is 10. The van der Waals surface area contributed by atoms with Crippen molar-refractivity contribution in [1.82, 2.24) is 9.88 Å². The first kappa shape index (κ1) is 29.8. The van der Waals surface area contributed by atoms with Crippen molar-refractivity contribution in [2.45, 2.75) is 31.9 Å². The summed E-state index contributed by atoms with van der Waals surface area (Å²) in [6.07, 6.45) is -0.108. The lowest BCUT2D eigenvalue weighted by molar-refractivity contribution is -0.143. The number of likely N-dealkylation sites (tertiary alicyclic amines) is 1. The van der Waals surface area contributed by atoms with Crippen LogP contribution in [0.3, 0.4) is 0 Å². The van der Waals surface area contributed by atoms with Gasteiger partial charge in [-0.15, -0.1) is 0 Å². The van der Waals surface area contributed by atoms with Crippen LogP contribution in [0.15, 0.2) is 42.5 Å². The molecule has 2 aromatic carbocycles. The monoisotopic (exact) mass is 585 g/mol. The first-order chi connectivity index (χ1) is 19.9. The number of amidine groups is 1. The number of carboxylic acid groups (broad SMARTS) is 1. The van der Waals surface area contributed by atoms with Gasteiger partial charge in [-0.3, -0.25) is 20.5 Å². The van der Waals surface area contributed by atoms with Crippen LogP contribution < -0.4 is 31.0 Å². The smallest absolute Gasteiger partial charge is 0.320 e. The highest BCUT2D eigenvalue weighted by Crippen LogP contribution is 2.40. The molecular weight excluding hydrogens is 556 g/mol. The van der Waals surface area contributed by atoms with Gasteiger partial charge in [0, 0.05) is 30.4 Å². The molecule has 13 nitrogen and oxygen atoms in total. The zero-order chi connectivity index (χ0) is 30.6. The quantitative estimate of drug-likeness (QED) is 0.135. The van der Waals surface area contributed by atoms with Crippen molar-refractivity contribution >= 4 is 23.5 Å². The number of aromatic nitrogens is 1. The van der Waals surface area contributed by atoms with Crippen LogP contribution >= 0.6 is 0 Å². The number of hydrogen-bond acceptors (Lipinski definition) is 9. The summed E-state index contributed by atoms with van der Waals surface area (Å²) in [5.74, 6) is -7.33. The minimum Gasteiger partial charge on any atom is -0.504 e. The Hall–Kier alpha value is -5.18. The van der Waals surface area contributed by atoms with E-state index in [0.717, 1.165) is 0 Å². The van der Waals surface area contributed by atoms with E-state index in [1.807, 2.05) is 0 Å². The summed E-state index contributed by atoms with van der Waals surface area (Å²) < 4.78 is 48.3. The molecule has 1 aliphatic rings. The molecule has 15 heteroatoms. The number of halogens is 2. The average Bonchev–Trinajstić information content (AvgIpc) is 2.94. The van der Waals surface area contributed by atoms with Crippen LogP contribution in [-0.2, 0) is 4.79 Å². The van der Waals surface area contributed by atoms with Crippen LogP contribution in [-0.4, -0.2) is 63.1 Å². The van der Waals surface area contributed by atoms with E-state index in [-0.39, 0.29) is 41.7 Å². The number of carboxylic acids is 1. The van der Waals surface area contributed by atoms with Crippen molar-refractivity contribution in [2.24, 2.45) is 11.5 Å². The van der Waals surface area contributed by atoms with E-state index in [0.29, 0.717) is 18.8 Å². The van der Waals surface area contributed by atoms with Crippen molar-refractivity contribution in [3.63, 3.8) is 0 Å². The van der Waals surface area contributed by atoms with E-state index in [9.17, 15) is 15.0 Å². The second-order valence-corrected chi connectivity index (χ2v) is 9.41. The van der Waals surface area contributed by atoms with Crippen LogP contribution in [0.5, 0.6) is 34.8 Å². The minimum absolute atomic E-state index is 0.0496. The third kappa shape index (κ3) is 6.93. The van der Waals surface area contributed by atoms with Crippen LogP contribution in [0, 0.1) is 22.5 Å². The van der Waals surface area contributed by atoms with Crippen molar-refractivity contribution in [1.29, 1.82) is 10.8 Å². The molecule has 4 rings (SSSR count). The first-order valence-electron chi connectivity index (χ1n) is 12.7. The summed E-state index contributed by atoms with van der Waals surface area (Å²) in [4.78, 5) is 16.9. The molecule has 1 aromatic heterocycles. The second kappa shape index (κ2) is 12.6. The highest BCUT2D eigenvalue weighted by atomic mass is 19.1. The normalized spacial score (nSPS) is 14.5. The summed E-state index contributed by atoms with van der Waals surface area (Å²) in [6.45, 7) is 2.19. The maximum Gasteiger partial charge on any atom is 0.320 e. The number of aromatic hydroxyl groups is 1. The third-order valence-corrected chi connectivity index (χ3v) is 6.45. The lowest BCUT2D eigenvalue weighted by Gasteiger charge is -2.34. The maximum atomic E-state index is 15.7. The molecule has 42 heavy (non-hydrogen) atoms. The molecular formula is C27H29F2N7O6. The minimum atomic E-state index is -1.32. The van der Waals surface area contributed by atoms with Gasteiger partial charge in [0.15, 0.2) is 17.5 Å². The molecule has 0 bridgehead atoms. The predicted molar refractivity (Wildman–Crippen MR) is 148 cm³/mol. The lowest BCUT2D eigenvalue weighted by atomic mass is 10.1. The van der Waals surface area contributed by atoms with E-state index in [4.69, 9.17) is 36.5 Å². The fraction of sp³-hybridized carbons (Fsp3) is 0.259. The highest BCUT2D eigenvalue weighted by Gasteiger charge is 2.31. The Morgan fingerprint density at radius 3 is 2.38 bits per heavy atom. The molecule has 0 aliphatic carbocycles. The average molecular weight is 586 g/mol. The number of phenols is 1. The van der Waals surface area contributed by atoms with Crippen LogP contribution in [0.4, 0.5) is 14.5 Å². The molecule has 222 valence electrons. The molecule has 1 atom stereocenters. The molecule has 0 saturated carbocycles. The number of phenolic OH excluding ortho intramolecular Hbond substituents is 1. The van der Waals surface area contributed by atoms with Crippen molar-refractivity contribution in [3.05, 3.63) is 59.7 Å². The Balaban J connectivity index is 1.69. The number of hydrogen-bond donors (Lipinski definition) is 7. The van der Waals surface area contributed by atoms with Gasteiger partial charge in [-0.1, -0.05) is 6.07 Å². The molecule has 1 saturated heterocycles. The van der Waals surface area contributed by atoms with E-state index in [2.05, 4.69) is 10.3 Å². The van der Waals surface area contributed by atoms with Gasteiger partial charge in [-0.2, -0.15) is 13.8 Å². The number of nitrogens with two attached hydrogens (primary N) is 2. The van der Waals surface area contributed by atoms with E-state index in [1.165, 1.54) is 36.4 Å². The van der Waals surface area contributed by atoms with Crippen molar-refractivity contribution < 1.29 is 38.0 Å². The standard InChI is InChI=1S/C27H29F2N7O6/c1-13(26(38)39)36-9-7-16(8-10-36)40-22-20(28)24(41-17-4-2-3-15(12-17)34-27(32)33)35-25(21(22)29)42-19-11-14(23(30)31)5-6-18(19)37/h2-6,11-13,16,37H,7-10H2,1H3,(H3,30,31)(H,38,39)(H4,32,33,34). The summed E-state index contributed by atoms with van der Waals surface area (Å²) in [7, 11) is 0. The Morgan fingerprint density at radius 2 is 1.76 bits per heavy atom. The molecule has 3 aromatic rings. The van der Waals surface area contributed by atoms with Gasteiger partial charge >= 0.3 is 5.97 Å². The summed E-state index contributed by atoms with van der Waals surface area (Å²) in [6, 6.07) is 8.95. The van der Waals surface area contributed by atoms with Crippen LogP contribution in [0.25, 0.3) is 0 Å². The predicted octanol–water partition coefficient (Wildman–Crippen LogP) is 3.56. The number of pyridine rings is 1. The van der Waals surface area contributed by atoms with Gasteiger partial charge in [0.05, 0.1) is 0 Å². The van der Waals surface area contributed by atoms with Gasteiger partial charge in [-0.05, 0) is 50.1 Å². The van der Waals surface area contributed by atoms with Gasteiger partial charge in [0.2, 0.25) is 17.4 Å². The molecule has 2 heterocycles. The third-order valence-electron chi connectivity index (χ3n) is 6.45. The van der Waals surface area contributed by atoms with Crippen LogP contribution in [0.2, 0.25) is 0 Å². The molecule has 1 fully saturated rings. The van der Waals surface area contributed by atoms with Gasteiger partial charge in [0.1, 0.15) is 23.7 Å². The van der Waals surface area contributed by atoms with Gasteiger partial charge in [0.25, 0.3) is 11.8 Å². The number of nitrogens with zero attached hydrogens (tertiary/aromatic N) is 2. The summed E-state index contributed by atoms with van der Waals surface area (Å²) in [5.41, 5.74) is 11.4. The summed E-state index contributed by atoms with van der Waals surface area (Å²) in [5, 5.41) is 37.1. The number of nitrogens with one attached hydrogen (secondary N) is 3. The number of piperidine rings is 1. The number of carbonyl (C=O) groups is 1. The summed E-state index contributed by atoms with van der Waals surface area (Å²) >= 11 is 0. The van der Waals surface area contributed by atoms with Crippen molar-refractivity contribution in [3.8, 4) is 34.8 Å². The Morgan fingerprint density at radius 1 is 1.10 bits per heavy atom. The topological polar surface area (TPSA) is 213 Å². The first-order valence-corrected chi connectivity index (χ1v) is 12.7. The Labute approximate surface area is 238 Å². The lowest BCUT2D eigenvalue weighted by Crippen LogP contribution is -2.46. The fourth-order valence-corrected chi connectivity index (χ4v) is 4.20. The Kier molecular flexibility index (Phi) is 8.90. The molecule has 0 spiro atoms. The number of nitrogen functional groups attached to an aromatic ring is 1. The molecule has 0 radical (unpaired) electrons. The SMILES string of the molecule is CC(C(=O)O)N1CCC(Oc2c(F)c(Oc3cccc(NC(=N)N)c3)nc(Oc3cc(C(=N)N)ccc3O)c2F)CC1. The molecule has 1 aliphatic heterocycles. The van der Waals surface area contributed by atoms with E-state index < -0.39 is 53.0 Å². The molecule has 9 N–H and O–H groups in total. The maximum absolute atomic E-state index is 15.7. The number of guanidine groups is 1. The molecule has 1 unspecified atom stereocenters. The second-order valence-electron chi connectivity index (χ2n) is 9.41. The number of aliphatic carboxylic acids is 1. The number of benzene rings is 2. The van der Waals surface area contributed by atoms with Gasteiger partial charge in [-0.25, -0.2) is 0 Å². The zero-order valence-corrected chi connectivity index (χ0v) is 22.4. The number of ether oxygens (including phenoxy) is 3. The molecule has 0 amide bonds. The Bertz CT molecular complexity index is 1510. The largest absolute Gasteiger partial charge is 0.504 e. The van der Waals surface area contributed by atoms with Crippen LogP contribution in [0.1, 0.15) is 25.3 Å². The number of anilines is 1. The van der Waals surface area contributed by atoms with Crippen molar-refractivity contribution in [2.75, 3.05) is 18.4 Å².